The SMILES string of the molecule is CCOC(=O)CNC(=O)N1CCN(c2nc(-c3ccc(C(F)(F)F)cc3)nc(C)c2CC)CC1. The van der Waals surface area contributed by atoms with E-state index in [0.29, 0.717) is 44.0 Å². The quantitative estimate of drug-likeness (QED) is 0.639. The van der Waals surface area contributed by atoms with Crippen molar-refractivity contribution in [3.63, 3.8) is 0 Å². The van der Waals surface area contributed by atoms with Crippen LogP contribution in [0.1, 0.15) is 30.7 Å². The molecule has 0 aliphatic carbocycles. The predicted octanol–water partition coefficient (Wildman–Crippen LogP) is 3.43. The van der Waals surface area contributed by atoms with E-state index >= 15 is 0 Å². The Labute approximate surface area is 196 Å². The van der Waals surface area contributed by atoms with Crippen LogP contribution >= 0.6 is 0 Å². The van der Waals surface area contributed by atoms with Gasteiger partial charge in [0.25, 0.3) is 0 Å². The maximum Gasteiger partial charge on any atom is 0.416 e. The van der Waals surface area contributed by atoms with Crippen molar-refractivity contribution in [2.45, 2.75) is 33.4 Å². The third-order valence-electron chi connectivity index (χ3n) is 5.57. The number of aromatic nitrogens is 2. The first-order chi connectivity index (χ1) is 16.1. The zero-order valence-corrected chi connectivity index (χ0v) is 19.4. The lowest BCUT2D eigenvalue weighted by Gasteiger charge is -2.36. The maximum absolute atomic E-state index is 12.9. The van der Waals surface area contributed by atoms with E-state index in [2.05, 4.69) is 15.2 Å². The minimum atomic E-state index is -4.41. The molecule has 1 N–H and O–H groups in total. The third-order valence-corrected chi connectivity index (χ3v) is 5.57. The van der Waals surface area contributed by atoms with Crippen LogP contribution in [0.5, 0.6) is 0 Å². The summed E-state index contributed by atoms with van der Waals surface area (Å²) in [7, 11) is 0. The molecule has 1 fully saturated rings. The number of nitrogens with one attached hydrogen (secondary N) is 1. The van der Waals surface area contributed by atoms with Crippen molar-refractivity contribution in [3.8, 4) is 11.4 Å². The number of hydrogen-bond donors (Lipinski definition) is 1. The van der Waals surface area contributed by atoms with Crippen molar-refractivity contribution < 1.29 is 27.5 Å². The summed E-state index contributed by atoms with van der Waals surface area (Å²) in [5.41, 5.74) is 1.49. The molecule has 0 atom stereocenters. The molecule has 2 aromatic rings. The smallest absolute Gasteiger partial charge is 0.416 e. The van der Waals surface area contributed by atoms with Gasteiger partial charge in [0.15, 0.2) is 5.82 Å². The average molecular weight is 480 g/mol. The molecule has 34 heavy (non-hydrogen) atoms. The topological polar surface area (TPSA) is 87.7 Å². The summed E-state index contributed by atoms with van der Waals surface area (Å²) in [6.07, 6.45) is -3.72. The van der Waals surface area contributed by atoms with Crippen LogP contribution in [0.2, 0.25) is 0 Å². The molecule has 2 heterocycles. The summed E-state index contributed by atoms with van der Waals surface area (Å²) in [4.78, 5) is 36.7. The normalized spacial score (nSPS) is 14.2. The summed E-state index contributed by atoms with van der Waals surface area (Å²) in [6, 6.07) is 4.45. The molecule has 184 valence electrons. The summed E-state index contributed by atoms with van der Waals surface area (Å²) in [5, 5.41) is 2.56. The van der Waals surface area contributed by atoms with Gasteiger partial charge in [0, 0.05) is 43.0 Å². The lowest BCUT2D eigenvalue weighted by atomic mass is 10.1. The van der Waals surface area contributed by atoms with Gasteiger partial charge < -0.3 is 19.9 Å². The molecule has 0 saturated carbocycles. The number of halogens is 3. The van der Waals surface area contributed by atoms with Gasteiger partial charge in [-0.1, -0.05) is 19.1 Å². The molecule has 0 unspecified atom stereocenters. The Morgan fingerprint density at radius 1 is 1.06 bits per heavy atom. The highest BCUT2D eigenvalue weighted by Crippen LogP contribution is 2.31. The van der Waals surface area contributed by atoms with Crippen molar-refractivity contribution in [3.05, 3.63) is 41.1 Å². The zero-order valence-electron chi connectivity index (χ0n) is 19.4. The number of carbonyl (C=O) groups excluding carboxylic acids is 2. The van der Waals surface area contributed by atoms with Crippen molar-refractivity contribution in [1.82, 2.24) is 20.2 Å². The molecule has 8 nitrogen and oxygen atoms in total. The highest BCUT2D eigenvalue weighted by molar-refractivity contribution is 5.81. The fourth-order valence-corrected chi connectivity index (χ4v) is 3.79. The molecular weight excluding hydrogens is 451 g/mol. The highest BCUT2D eigenvalue weighted by Gasteiger charge is 2.30. The average Bonchev–Trinajstić information content (AvgIpc) is 2.82. The first-order valence-electron chi connectivity index (χ1n) is 11.1. The fourth-order valence-electron chi connectivity index (χ4n) is 3.79. The van der Waals surface area contributed by atoms with Gasteiger partial charge in [-0.25, -0.2) is 14.8 Å². The molecule has 2 amide bonds. The van der Waals surface area contributed by atoms with Crippen LogP contribution in [0.25, 0.3) is 11.4 Å². The van der Waals surface area contributed by atoms with E-state index < -0.39 is 17.7 Å². The summed E-state index contributed by atoms with van der Waals surface area (Å²) >= 11 is 0. The molecule has 11 heteroatoms. The van der Waals surface area contributed by atoms with Gasteiger partial charge in [0.2, 0.25) is 0 Å². The van der Waals surface area contributed by atoms with E-state index in [0.717, 1.165) is 29.2 Å². The number of esters is 1. The van der Waals surface area contributed by atoms with E-state index in [9.17, 15) is 22.8 Å². The van der Waals surface area contributed by atoms with Gasteiger partial charge in [-0.05, 0) is 32.4 Å². The Hall–Kier alpha value is -3.37. The van der Waals surface area contributed by atoms with Crippen molar-refractivity contribution >= 4 is 17.8 Å². The molecular formula is C23H28F3N5O3. The monoisotopic (exact) mass is 479 g/mol. The van der Waals surface area contributed by atoms with Crippen LogP contribution in [0, 0.1) is 6.92 Å². The lowest BCUT2D eigenvalue weighted by molar-refractivity contribution is -0.142. The van der Waals surface area contributed by atoms with Crippen molar-refractivity contribution in [2.75, 3.05) is 44.2 Å². The standard InChI is InChI=1S/C23H28F3N5O3/c1-4-18-15(3)28-20(16-6-8-17(9-7-16)23(24,25)26)29-21(18)30-10-12-31(13-11-30)22(33)27-14-19(32)34-5-2/h6-9H,4-5,10-14H2,1-3H3,(H,27,33). The van der Waals surface area contributed by atoms with E-state index in [4.69, 9.17) is 9.72 Å². The highest BCUT2D eigenvalue weighted by atomic mass is 19.4. The lowest BCUT2D eigenvalue weighted by Crippen LogP contribution is -2.53. The molecule has 0 radical (unpaired) electrons. The van der Waals surface area contributed by atoms with Gasteiger partial charge in [-0.15, -0.1) is 0 Å². The minimum absolute atomic E-state index is 0.186. The first-order valence-corrected chi connectivity index (χ1v) is 11.1. The summed E-state index contributed by atoms with van der Waals surface area (Å²) < 4.78 is 43.5. The number of amides is 2. The number of hydrogen-bond acceptors (Lipinski definition) is 6. The fraction of sp³-hybridized carbons (Fsp3) is 0.478. The van der Waals surface area contributed by atoms with Crippen LogP contribution in [0.15, 0.2) is 24.3 Å². The second-order valence-electron chi connectivity index (χ2n) is 7.80. The maximum atomic E-state index is 12.9. The number of ether oxygens (including phenoxy) is 1. The number of alkyl halides is 3. The Morgan fingerprint density at radius 2 is 1.71 bits per heavy atom. The van der Waals surface area contributed by atoms with Gasteiger partial charge >= 0.3 is 18.2 Å². The molecule has 0 bridgehead atoms. The van der Waals surface area contributed by atoms with Gasteiger partial charge in [0.05, 0.1) is 12.2 Å². The second kappa shape index (κ2) is 10.7. The van der Waals surface area contributed by atoms with E-state index in [1.807, 2.05) is 13.8 Å². The number of anilines is 1. The van der Waals surface area contributed by atoms with Gasteiger partial charge in [0.1, 0.15) is 12.4 Å². The van der Waals surface area contributed by atoms with Gasteiger partial charge in [-0.3, -0.25) is 4.79 Å². The second-order valence-corrected chi connectivity index (χ2v) is 7.80. The zero-order chi connectivity index (χ0) is 24.9. The Balaban J connectivity index is 1.74. The predicted molar refractivity (Wildman–Crippen MR) is 120 cm³/mol. The molecule has 1 aromatic heterocycles. The van der Waals surface area contributed by atoms with Crippen molar-refractivity contribution in [1.29, 1.82) is 0 Å². The van der Waals surface area contributed by atoms with E-state index in [-0.39, 0.29) is 19.2 Å². The molecule has 1 saturated heterocycles. The minimum Gasteiger partial charge on any atom is -0.465 e. The van der Waals surface area contributed by atoms with Crippen molar-refractivity contribution in [2.24, 2.45) is 0 Å². The number of aryl methyl sites for hydroxylation is 1. The summed E-state index contributed by atoms with van der Waals surface area (Å²) in [6.45, 7) is 7.50. The molecule has 1 aliphatic rings. The van der Waals surface area contributed by atoms with Crippen LogP contribution in [0.4, 0.5) is 23.8 Å². The number of rotatable bonds is 6. The van der Waals surface area contributed by atoms with E-state index in [1.165, 1.54) is 12.1 Å². The number of piperazine rings is 1. The molecule has 3 rings (SSSR count). The first kappa shape index (κ1) is 25.3. The summed E-state index contributed by atoms with van der Waals surface area (Å²) in [5.74, 6) is 0.582. The Morgan fingerprint density at radius 3 is 2.26 bits per heavy atom. The van der Waals surface area contributed by atoms with Crippen LogP contribution < -0.4 is 10.2 Å². The molecule has 1 aromatic carbocycles. The van der Waals surface area contributed by atoms with Gasteiger partial charge in [-0.2, -0.15) is 13.2 Å². The Kier molecular flexibility index (Phi) is 7.95. The third kappa shape index (κ3) is 5.95. The Bertz CT molecular complexity index is 1020. The molecule has 0 spiro atoms. The number of carbonyl (C=O) groups is 2. The van der Waals surface area contributed by atoms with E-state index in [1.54, 1.807) is 11.8 Å². The number of nitrogens with zero attached hydrogens (tertiary/aromatic N) is 4. The largest absolute Gasteiger partial charge is 0.465 e. The van der Waals surface area contributed by atoms with Crippen LogP contribution in [-0.4, -0.2) is 66.2 Å². The molecule has 1 aliphatic heterocycles. The number of benzene rings is 1. The number of urea groups is 1. The van der Waals surface area contributed by atoms with Crippen LogP contribution in [0.3, 0.4) is 0 Å². The van der Waals surface area contributed by atoms with Crippen LogP contribution in [-0.2, 0) is 22.1 Å².